The Labute approximate surface area is 118 Å². The normalized spacial score (nSPS) is 32.4. The lowest BCUT2D eigenvalue weighted by molar-refractivity contribution is 0.107. The maximum atomic E-state index is 5.97. The number of hydrogen-bond acceptors (Lipinski definition) is 3. The molecule has 0 spiro atoms. The molecule has 1 unspecified atom stereocenters. The van der Waals surface area contributed by atoms with Crippen molar-refractivity contribution in [3.63, 3.8) is 0 Å². The third-order valence-corrected chi connectivity index (χ3v) is 5.96. The van der Waals surface area contributed by atoms with Gasteiger partial charge < -0.3 is 10.6 Å². The van der Waals surface area contributed by atoms with E-state index in [0.29, 0.717) is 5.41 Å². The number of nitrogens with zero attached hydrogens (tertiary/aromatic N) is 2. The fourth-order valence-electron chi connectivity index (χ4n) is 4.23. The number of rotatable bonds is 5. The van der Waals surface area contributed by atoms with Crippen LogP contribution in [0.15, 0.2) is 0 Å². The largest absolute Gasteiger partial charge is 0.330 e. The van der Waals surface area contributed by atoms with Crippen molar-refractivity contribution in [3.8, 4) is 0 Å². The minimum absolute atomic E-state index is 0.531. The number of hydrogen-bond donors (Lipinski definition) is 1. The third kappa shape index (κ3) is 3.14. The first-order valence-electron chi connectivity index (χ1n) is 8.48. The van der Waals surface area contributed by atoms with Crippen LogP contribution in [0.4, 0.5) is 0 Å². The molecule has 3 rings (SSSR count). The standard InChI is InChI=1S/C16H31N3/c17-14-16(6-4-7-16)8-12-18-11-5-15(13-18)19-9-2-1-3-10-19/h15H,1-14,17H2. The highest BCUT2D eigenvalue weighted by molar-refractivity contribution is 4.91. The highest BCUT2D eigenvalue weighted by atomic mass is 15.3. The van der Waals surface area contributed by atoms with E-state index in [4.69, 9.17) is 5.73 Å². The van der Waals surface area contributed by atoms with Crippen molar-refractivity contribution in [2.45, 2.75) is 57.4 Å². The van der Waals surface area contributed by atoms with Gasteiger partial charge >= 0.3 is 0 Å². The van der Waals surface area contributed by atoms with Crippen LogP contribution in [0.3, 0.4) is 0 Å². The molecule has 0 radical (unpaired) electrons. The minimum atomic E-state index is 0.531. The lowest BCUT2D eigenvalue weighted by Gasteiger charge is -2.42. The molecule has 2 N–H and O–H groups in total. The zero-order valence-electron chi connectivity index (χ0n) is 12.4. The molecule has 1 atom stereocenters. The number of nitrogens with two attached hydrogens (primary N) is 1. The lowest BCUT2D eigenvalue weighted by atomic mass is 9.66. The first-order valence-corrected chi connectivity index (χ1v) is 8.48. The molecule has 3 fully saturated rings. The van der Waals surface area contributed by atoms with Crippen LogP contribution >= 0.6 is 0 Å². The van der Waals surface area contributed by atoms with Crippen molar-refractivity contribution < 1.29 is 0 Å². The molecule has 2 saturated heterocycles. The summed E-state index contributed by atoms with van der Waals surface area (Å²) in [4.78, 5) is 5.46. The van der Waals surface area contributed by atoms with E-state index in [0.717, 1.165) is 12.6 Å². The second-order valence-electron chi connectivity index (χ2n) is 7.15. The van der Waals surface area contributed by atoms with Gasteiger partial charge in [0.2, 0.25) is 0 Å². The molecule has 0 aromatic rings. The van der Waals surface area contributed by atoms with E-state index in [9.17, 15) is 0 Å². The van der Waals surface area contributed by atoms with E-state index in [1.807, 2.05) is 0 Å². The molecule has 0 aromatic heterocycles. The van der Waals surface area contributed by atoms with E-state index >= 15 is 0 Å². The molecule has 3 nitrogen and oxygen atoms in total. The van der Waals surface area contributed by atoms with Crippen LogP contribution in [0.1, 0.15) is 51.4 Å². The fraction of sp³-hybridized carbons (Fsp3) is 1.00. The SMILES string of the molecule is NCC1(CCN2CCC(N3CCCCC3)C2)CCC1. The van der Waals surface area contributed by atoms with Crippen molar-refractivity contribution in [1.82, 2.24) is 9.80 Å². The Kier molecular flexibility index (Phi) is 4.45. The van der Waals surface area contributed by atoms with Crippen molar-refractivity contribution in [2.24, 2.45) is 11.1 Å². The monoisotopic (exact) mass is 265 g/mol. The quantitative estimate of drug-likeness (QED) is 0.826. The first-order chi connectivity index (χ1) is 9.31. The molecule has 19 heavy (non-hydrogen) atoms. The predicted octanol–water partition coefficient (Wildman–Crippen LogP) is 2.07. The average Bonchev–Trinajstić information content (AvgIpc) is 2.88. The molecular weight excluding hydrogens is 234 g/mol. The molecule has 0 bridgehead atoms. The second-order valence-corrected chi connectivity index (χ2v) is 7.15. The van der Waals surface area contributed by atoms with Gasteiger partial charge in [-0.2, -0.15) is 0 Å². The molecule has 0 aromatic carbocycles. The van der Waals surface area contributed by atoms with Gasteiger partial charge in [-0.3, -0.25) is 4.90 Å². The first kappa shape index (κ1) is 13.8. The molecule has 1 saturated carbocycles. The van der Waals surface area contributed by atoms with Gasteiger partial charge in [0.25, 0.3) is 0 Å². The summed E-state index contributed by atoms with van der Waals surface area (Å²) in [5, 5.41) is 0. The summed E-state index contributed by atoms with van der Waals surface area (Å²) in [6, 6.07) is 0.857. The summed E-state index contributed by atoms with van der Waals surface area (Å²) in [6.07, 6.45) is 11.2. The summed E-state index contributed by atoms with van der Waals surface area (Å²) in [6.45, 7) is 7.55. The Hall–Kier alpha value is -0.120. The Morgan fingerprint density at radius 3 is 2.42 bits per heavy atom. The lowest BCUT2D eigenvalue weighted by Crippen LogP contribution is -2.42. The van der Waals surface area contributed by atoms with E-state index in [1.54, 1.807) is 0 Å². The van der Waals surface area contributed by atoms with Crippen LogP contribution in [-0.4, -0.2) is 55.1 Å². The van der Waals surface area contributed by atoms with Gasteiger partial charge in [0.05, 0.1) is 0 Å². The van der Waals surface area contributed by atoms with Crippen molar-refractivity contribution in [2.75, 3.05) is 39.3 Å². The topological polar surface area (TPSA) is 32.5 Å². The predicted molar refractivity (Wildman–Crippen MR) is 80.2 cm³/mol. The van der Waals surface area contributed by atoms with E-state index in [2.05, 4.69) is 9.80 Å². The van der Waals surface area contributed by atoms with Crippen molar-refractivity contribution >= 4 is 0 Å². The zero-order chi connectivity index (χ0) is 13.1. The van der Waals surface area contributed by atoms with Gasteiger partial charge in [0.15, 0.2) is 0 Å². The Morgan fingerprint density at radius 2 is 1.79 bits per heavy atom. The molecule has 2 heterocycles. The van der Waals surface area contributed by atoms with Crippen LogP contribution in [0.25, 0.3) is 0 Å². The summed E-state index contributed by atoms with van der Waals surface area (Å²) in [5.41, 5.74) is 6.50. The molecular formula is C16H31N3. The molecule has 2 aliphatic heterocycles. The van der Waals surface area contributed by atoms with E-state index < -0.39 is 0 Å². The summed E-state index contributed by atoms with van der Waals surface area (Å²) in [7, 11) is 0. The highest BCUT2D eigenvalue weighted by Crippen LogP contribution is 2.43. The Morgan fingerprint density at radius 1 is 1.00 bits per heavy atom. The molecule has 3 heteroatoms. The Bertz CT molecular complexity index is 276. The van der Waals surface area contributed by atoms with E-state index in [1.165, 1.54) is 84.1 Å². The van der Waals surface area contributed by atoms with E-state index in [-0.39, 0.29) is 0 Å². The van der Waals surface area contributed by atoms with Crippen LogP contribution < -0.4 is 5.73 Å². The third-order valence-electron chi connectivity index (χ3n) is 5.96. The highest BCUT2D eigenvalue weighted by Gasteiger charge is 2.36. The van der Waals surface area contributed by atoms with Gasteiger partial charge in [-0.1, -0.05) is 12.8 Å². The van der Waals surface area contributed by atoms with Gasteiger partial charge in [-0.05, 0) is 76.7 Å². The van der Waals surface area contributed by atoms with Crippen LogP contribution in [0.2, 0.25) is 0 Å². The smallest absolute Gasteiger partial charge is 0.0235 e. The van der Waals surface area contributed by atoms with Crippen LogP contribution in [0, 0.1) is 5.41 Å². The van der Waals surface area contributed by atoms with Gasteiger partial charge in [-0.25, -0.2) is 0 Å². The molecule has 110 valence electrons. The zero-order valence-corrected chi connectivity index (χ0v) is 12.4. The molecule has 1 aliphatic carbocycles. The van der Waals surface area contributed by atoms with Gasteiger partial charge in [0, 0.05) is 12.6 Å². The summed E-state index contributed by atoms with van der Waals surface area (Å²) in [5.74, 6) is 0. The van der Waals surface area contributed by atoms with Gasteiger partial charge in [0.1, 0.15) is 0 Å². The second kappa shape index (κ2) is 6.11. The van der Waals surface area contributed by atoms with Crippen LogP contribution in [-0.2, 0) is 0 Å². The van der Waals surface area contributed by atoms with Crippen molar-refractivity contribution in [3.05, 3.63) is 0 Å². The maximum absolute atomic E-state index is 5.97. The van der Waals surface area contributed by atoms with Crippen LogP contribution in [0.5, 0.6) is 0 Å². The average molecular weight is 265 g/mol. The minimum Gasteiger partial charge on any atom is -0.330 e. The van der Waals surface area contributed by atoms with Gasteiger partial charge in [-0.15, -0.1) is 0 Å². The summed E-state index contributed by atoms with van der Waals surface area (Å²) >= 11 is 0. The number of likely N-dealkylation sites (tertiary alicyclic amines) is 2. The van der Waals surface area contributed by atoms with Crippen molar-refractivity contribution in [1.29, 1.82) is 0 Å². The molecule has 0 amide bonds. The molecule has 3 aliphatic rings. The fourth-order valence-corrected chi connectivity index (χ4v) is 4.23. The summed E-state index contributed by atoms with van der Waals surface area (Å²) < 4.78 is 0. The Balaban J connectivity index is 1.41. The number of piperidine rings is 1. The maximum Gasteiger partial charge on any atom is 0.0235 e.